The Balaban J connectivity index is 3.46. The molecule has 18 heavy (non-hydrogen) atoms. The summed E-state index contributed by atoms with van der Waals surface area (Å²) in [5.41, 5.74) is -3.23. The quantitative estimate of drug-likeness (QED) is 0.481. The lowest BCUT2D eigenvalue weighted by Gasteiger charge is -2.12. The van der Waals surface area contributed by atoms with Gasteiger partial charge in [0.05, 0.1) is 4.92 Å². The van der Waals surface area contributed by atoms with Gasteiger partial charge in [0.1, 0.15) is 0 Å². The van der Waals surface area contributed by atoms with E-state index in [0.29, 0.717) is 6.20 Å². The Hall–Kier alpha value is -2.00. The predicted molar refractivity (Wildman–Crippen MR) is 47.3 cm³/mol. The topological polar surface area (TPSA) is 65.3 Å². The summed E-state index contributed by atoms with van der Waals surface area (Å²) in [6.45, 7) is 1.02. The third-order valence-electron chi connectivity index (χ3n) is 1.82. The number of rotatable bonds is 3. The molecule has 0 bridgehead atoms. The standard InChI is InChI=1S/C8H5F5N2O3/c1-3-2-14-4(7(9)10)5(15(16)17)6(3)18-8(11,12)13/h2,7H,1H3. The number of hydrogen-bond donors (Lipinski definition) is 0. The molecule has 0 aromatic carbocycles. The molecule has 0 aliphatic rings. The van der Waals surface area contributed by atoms with E-state index in [1.807, 2.05) is 0 Å². The minimum Gasteiger partial charge on any atom is -0.398 e. The molecule has 0 aliphatic carbocycles. The summed E-state index contributed by atoms with van der Waals surface area (Å²) in [7, 11) is 0. The second kappa shape index (κ2) is 4.70. The van der Waals surface area contributed by atoms with E-state index >= 15 is 0 Å². The molecule has 0 fully saturated rings. The van der Waals surface area contributed by atoms with Crippen LogP contribution in [-0.4, -0.2) is 16.3 Å². The fraction of sp³-hybridized carbons (Fsp3) is 0.375. The smallest absolute Gasteiger partial charge is 0.398 e. The van der Waals surface area contributed by atoms with Gasteiger partial charge in [-0.05, 0) is 6.92 Å². The van der Waals surface area contributed by atoms with Crippen molar-refractivity contribution in [3.63, 3.8) is 0 Å². The van der Waals surface area contributed by atoms with E-state index in [9.17, 15) is 32.1 Å². The van der Waals surface area contributed by atoms with Crippen molar-refractivity contribution in [1.29, 1.82) is 0 Å². The molecule has 1 rings (SSSR count). The Labute approximate surface area is 96.3 Å². The van der Waals surface area contributed by atoms with E-state index in [-0.39, 0.29) is 5.56 Å². The first-order valence-corrected chi connectivity index (χ1v) is 4.31. The van der Waals surface area contributed by atoms with Crippen LogP contribution >= 0.6 is 0 Å². The molecule has 1 heterocycles. The van der Waals surface area contributed by atoms with Gasteiger partial charge in [0.25, 0.3) is 6.43 Å². The average Bonchev–Trinajstić information content (AvgIpc) is 2.17. The first-order valence-electron chi connectivity index (χ1n) is 4.31. The lowest BCUT2D eigenvalue weighted by atomic mass is 10.2. The van der Waals surface area contributed by atoms with E-state index < -0.39 is 34.8 Å². The Morgan fingerprint density at radius 3 is 2.39 bits per heavy atom. The number of alkyl halides is 5. The van der Waals surface area contributed by atoms with E-state index in [1.165, 1.54) is 0 Å². The van der Waals surface area contributed by atoms with Gasteiger partial charge in [-0.2, -0.15) is 0 Å². The summed E-state index contributed by atoms with van der Waals surface area (Å²) in [5, 5.41) is 10.6. The van der Waals surface area contributed by atoms with E-state index in [0.717, 1.165) is 6.92 Å². The lowest BCUT2D eigenvalue weighted by molar-refractivity contribution is -0.390. The van der Waals surface area contributed by atoms with Gasteiger partial charge in [0, 0.05) is 11.8 Å². The molecular weight excluding hydrogens is 267 g/mol. The van der Waals surface area contributed by atoms with Crippen molar-refractivity contribution >= 4 is 5.69 Å². The fourth-order valence-electron chi connectivity index (χ4n) is 1.17. The zero-order valence-electron chi connectivity index (χ0n) is 8.66. The second-order valence-corrected chi connectivity index (χ2v) is 3.11. The Bertz CT molecular complexity index is 475. The normalized spacial score (nSPS) is 11.7. The molecule has 0 aliphatic heterocycles. The minimum atomic E-state index is -5.23. The van der Waals surface area contributed by atoms with Crippen LogP contribution in [0, 0.1) is 17.0 Å². The highest BCUT2D eigenvalue weighted by atomic mass is 19.4. The number of nitrogens with zero attached hydrogens (tertiary/aromatic N) is 2. The van der Waals surface area contributed by atoms with Crippen molar-refractivity contribution in [3.8, 4) is 5.75 Å². The Morgan fingerprint density at radius 1 is 1.44 bits per heavy atom. The van der Waals surface area contributed by atoms with Crippen LogP contribution in [0.1, 0.15) is 17.7 Å². The summed E-state index contributed by atoms with van der Waals surface area (Å²) in [6.07, 6.45) is -7.96. The van der Waals surface area contributed by atoms with Crippen LogP contribution in [0.15, 0.2) is 6.20 Å². The molecule has 10 heteroatoms. The van der Waals surface area contributed by atoms with E-state index in [1.54, 1.807) is 0 Å². The maximum Gasteiger partial charge on any atom is 0.573 e. The highest BCUT2D eigenvalue weighted by Gasteiger charge is 2.38. The molecule has 0 amide bonds. The van der Waals surface area contributed by atoms with Crippen LogP contribution in [0.25, 0.3) is 0 Å². The number of aryl methyl sites for hydroxylation is 1. The Kier molecular flexibility index (Phi) is 3.67. The van der Waals surface area contributed by atoms with Crippen molar-refractivity contribution in [1.82, 2.24) is 4.98 Å². The lowest BCUT2D eigenvalue weighted by Crippen LogP contribution is -2.19. The molecule has 0 unspecified atom stereocenters. The molecule has 0 spiro atoms. The highest BCUT2D eigenvalue weighted by molar-refractivity contribution is 5.54. The molecule has 0 atom stereocenters. The first-order chi connectivity index (χ1) is 8.13. The summed E-state index contributed by atoms with van der Waals surface area (Å²) >= 11 is 0. The van der Waals surface area contributed by atoms with E-state index in [2.05, 4.69) is 9.72 Å². The molecule has 100 valence electrons. The van der Waals surface area contributed by atoms with Crippen molar-refractivity contribution in [3.05, 3.63) is 27.6 Å². The van der Waals surface area contributed by atoms with Gasteiger partial charge >= 0.3 is 12.0 Å². The monoisotopic (exact) mass is 272 g/mol. The van der Waals surface area contributed by atoms with Gasteiger partial charge < -0.3 is 4.74 Å². The molecule has 0 N–H and O–H groups in total. The average molecular weight is 272 g/mol. The molecule has 0 saturated carbocycles. The fourth-order valence-corrected chi connectivity index (χ4v) is 1.17. The third kappa shape index (κ3) is 3.02. The van der Waals surface area contributed by atoms with E-state index in [4.69, 9.17) is 0 Å². The van der Waals surface area contributed by atoms with Crippen molar-refractivity contribution in [2.24, 2.45) is 0 Å². The zero-order valence-corrected chi connectivity index (χ0v) is 8.66. The number of halogens is 5. The maximum absolute atomic E-state index is 12.4. The van der Waals surface area contributed by atoms with Gasteiger partial charge in [-0.3, -0.25) is 10.1 Å². The van der Waals surface area contributed by atoms with Crippen molar-refractivity contribution < 1.29 is 31.6 Å². The van der Waals surface area contributed by atoms with Crippen molar-refractivity contribution in [2.45, 2.75) is 19.7 Å². The second-order valence-electron chi connectivity index (χ2n) is 3.11. The zero-order chi connectivity index (χ0) is 14.1. The molecule has 0 radical (unpaired) electrons. The summed E-state index contributed by atoms with van der Waals surface area (Å²) in [5.74, 6) is -1.28. The maximum atomic E-state index is 12.4. The highest BCUT2D eigenvalue weighted by Crippen LogP contribution is 2.39. The molecule has 5 nitrogen and oxygen atoms in total. The van der Waals surface area contributed by atoms with Gasteiger partial charge in [0.2, 0.25) is 5.75 Å². The summed E-state index contributed by atoms with van der Waals surface area (Å²) < 4.78 is 64.4. The number of aromatic nitrogens is 1. The molecular formula is C8H5F5N2O3. The van der Waals surface area contributed by atoms with Crippen LogP contribution in [-0.2, 0) is 0 Å². The molecule has 1 aromatic heterocycles. The van der Waals surface area contributed by atoms with Crippen LogP contribution in [0.2, 0.25) is 0 Å². The van der Waals surface area contributed by atoms with Crippen LogP contribution in [0.3, 0.4) is 0 Å². The molecule has 1 aromatic rings. The van der Waals surface area contributed by atoms with Gasteiger partial charge in [-0.15, -0.1) is 13.2 Å². The van der Waals surface area contributed by atoms with Gasteiger partial charge in [-0.25, -0.2) is 13.8 Å². The number of nitro groups is 1. The summed E-state index contributed by atoms with van der Waals surface area (Å²) in [6, 6.07) is 0. The van der Waals surface area contributed by atoms with Crippen LogP contribution in [0.5, 0.6) is 5.75 Å². The van der Waals surface area contributed by atoms with Crippen LogP contribution in [0.4, 0.5) is 27.6 Å². The van der Waals surface area contributed by atoms with Gasteiger partial charge in [0.15, 0.2) is 5.69 Å². The van der Waals surface area contributed by atoms with Crippen LogP contribution < -0.4 is 4.74 Å². The van der Waals surface area contributed by atoms with Crippen molar-refractivity contribution in [2.75, 3.05) is 0 Å². The number of hydrogen-bond acceptors (Lipinski definition) is 4. The summed E-state index contributed by atoms with van der Waals surface area (Å²) in [4.78, 5) is 12.2. The minimum absolute atomic E-state index is 0.372. The SMILES string of the molecule is Cc1cnc(C(F)F)c([N+](=O)[O-])c1OC(F)(F)F. The largest absolute Gasteiger partial charge is 0.573 e. The number of ether oxygens (including phenoxy) is 1. The Morgan fingerprint density at radius 2 is 2.00 bits per heavy atom. The van der Waals surface area contributed by atoms with Gasteiger partial charge in [-0.1, -0.05) is 0 Å². The third-order valence-corrected chi connectivity index (χ3v) is 1.82. The number of pyridine rings is 1. The molecule has 0 saturated heterocycles. The first kappa shape index (κ1) is 14.1. The predicted octanol–water partition coefficient (Wildman–Crippen LogP) is 3.13.